The van der Waals surface area contributed by atoms with Crippen LogP contribution in [0.4, 0.5) is 0 Å². The fourth-order valence-corrected chi connectivity index (χ4v) is 4.37. The molecule has 2 N–H and O–H groups in total. The predicted molar refractivity (Wildman–Crippen MR) is 96.7 cm³/mol. The number of amides is 3. The van der Waals surface area contributed by atoms with E-state index in [-0.39, 0.29) is 29.1 Å². The van der Waals surface area contributed by atoms with Crippen LogP contribution in [0.3, 0.4) is 0 Å². The van der Waals surface area contributed by atoms with E-state index in [1.165, 1.54) is 4.90 Å². The average molecular weight is 355 g/mol. The summed E-state index contributed by atoms with van der Waals surface area (Å²) in [6, 6.07) is 6.94. The highest BCUT2D eigenvalue weighted by atomic mass is 16.2. The van der Waals surface area contributed by atoms with E-state index in [2.05, 4.69) is 10.6 Å². The molecule has 2 aliphatic heterocycles. The number of piperidine rings is 1. The lowest BCUT2D eigenvalue weighted by Gasteiger charge is -2.23. The third-order valence-electron chi connectivity index (χ3n) is 6.09. The lowest BCUT2D eigenvalue weighted by Crippen LogP contribution is -2.34. The highest BCUT2D eigenvalue weighted by Crippen LogP contribution is 2.58. The van der Waals surface area contributed by atoms with Gasteiger partial charge in [-0.3, -0.25) is 19.3 Å². The number of hydrogen-bond acceptors (Lipinski definition) is 4. The topological polar surface area (TPSA) is 78.5 Å². The maximum Gasteiger partial charge on any atom is 0.261 e. The number of nitrogens with one attached hydrogen (secondary N) is 2. The van der Waals surface area contributed by atoms with Gasteiger partial charge in [-0.1, -0.05) is 12.1 Å². The van der Waals surface area contributed by atoms with Gasteiger partial charge in [0.1, 0.15) is 0 Å². The number of carbonyl (C=O) groups excluding carboxylic acids is 3. The van der Waals surface area contributed by atoms with Gasteiger partial charge in [-0.05, 0) is 62.7 Å². The molecule has 1 spiro atoms. The second-order valence-electron chi connectivity index (χ2n) is 7.67. The number of nitrogens with zero attached hydrogens (tertiary/aromatic N) is 1. The lowest BCUT2D eigenvalue weighted by atomic mass is 9.92. The van der Waals surface area contributed by atoms with Crippen LogP contribution in [-0.2, 0) is 4.79 Å². The third-order valence-corrected chi connectivity index (χ3v) is 6.09. The molecule has 1 atom stereocenters. The van der Waals surface area contributed by atoms with Crippen LogP contribution in [0, 0.1) is 11.3 Å². The van der Waals surface area contributed by atoms with Crippen molar-refractivity contribution in [1.82, 2.24) is 15.5 Å². The van der Waals surface area contributed by atoms with E-state index >= 15 is 0 Å². The first-order valence-corrected chi connectivity index (χ1v) is 9.56. The van der Waals surface area contributed by atoms with Crippen LogP contribution in [-0.4, -0.2) is 48.8 Å². The van der Waals surface area contributed by atoms with E-state index in [9.17, 15) is 14.4 Å². The summed E-state index contributed by atoms with van der Waals surface area (Å²) in [6.45, 7) is 3.04. The first-order chi connectivity index (χ1) is 12.6. The first kappa shape index (κ1) is 17.2. The smallest absolute Gasteiger partial charge is 0.261 e. The van der Waals surface area contributed by atoms with E-state index in [1.54, 1.807) is 24.3 Å². The number of carbonyl (C=O) groups is 3. The van der Waals surface area contributed by atoms with Crippen LogP contribution in [0.15, 0.2) is 24.3 Å². The monoisotopic (exact) mass is 355 g/mol. The molecular formula is C20H25N3O3. The van der Waals surface area contributed by atoms with Crippen molar-refractivity contribution in [3.63, 3.8) is 0 Å². The van der Waals surface area contributed by atoms with Crippen molar-refractivity contribution in [1.29, 1.82) is 0 Å². The van der Waals surface area contributed by atoms with Gasteiger partial charge in [-0.25, -0.2) is 0 Å². The molecule has 1 aromatic rings. The molecule has 2 fully saturated rings. The van der Waals surface area contributed by atoms with Gasteiger partial charge in [0.2, 0.25) is 5.91 Å². The Balaban J connectivity index is 1.18. The van der Waals surface area contributed by atoms with Crippen molar-refractivity contribution in [3.8, 4) is 0 Å². The average Bonchev–Trinajstić information content (AvgIpc) is 3.30. The summed E-state index contributed by atoms with van der Waals surface area (Å²) in [6.07, 6.45) is 4.69. The molecule has 4 rings (SSSR count). The van der Waals surface area contributed by atoms with Gasteiger partial charge in [-0.15, -0.1) is 0 Å². The molecule has 1 aliphatic carbocycles. The molecule has 1 saturated carbocycles. The predicted octanol–water partition coefficient (Wildman–Crippen LogP) is 1.57. The summed E-state index contributed by atoms with van der Waals surface area (Å²) in [5, 5.41) is 6.38. The van der Waals surface area contributed by atoms with Crippen LogP contribution in [0.2, 0.25) is 0 Å². The highest BCUT2D eigenvalue weighted by Gasteiger charge is 2.57. The minimum atomic E-state index is -0.208. The Bertz CT molecular complexity index is 705. The molecule has 6 nitrogen and oxygen atoms in total. The van der Waals surface area contributed by atoms with Gasteiger partial charge >= 0.3 is 0 Å². The molecule has 1 aromatic carbocycles. The quantitative estimate of drug-likeness (QED) is 0.600. The Hall–Kier alpha value is -2.21. The SMILES string of the molecule is O=C(NCCCCN1C(=O)c2ccccc2C1=O)C1CC12CCNCC2. The Morgan fingerprint density at radius 1 is 1.12 bits per heavy atom. The Kier molecular flexibility index (Phi) is 4.53. The third kappa shape index (κ3) is 3.03. The zero-order valence-corrected chi connectivity index (χ0v) is 14.9. The summed E-state index contributed by atoms with van der Waals surface area (Å²) in [5.74, 6) is -0.0607. The van der Waals surface area contributed by atoms with Crippen LogP contribution in [0.1, 0.15) is 52.8 Å². The molecule has 1 saturated heterocycles. The fraction of sp³-hybridized carbons (Fsp3) is 0.550. The van der Waals surface area contributed by atoms with Crippen molar-refractivity contribution >= 4 is 17.7 Å². The molecule has 138 valence electrons. The van der Waals surface area contributed by atoms with Crippen LogP contribution >= 0.6 is 0 Å². The van der Waals surface area contributed by atoms with E-state index in [1.807, 2.05) is 0 Å². The molecule has 3 aliphatic rings. The second kappa shape index (κ2) is 6.83. The molecule has 0 aromatic heterocycles. The molecule has 2 heterocycles. The summed E-state index contributed by atoms with van der Waals surface area (Å²) in [5.41, 5.74) is 1.24. The van der Waals surface area contributed by atoms with Gasteiger partial charge in [-0.2, -0.15) is 0 Å². The summed E-state index contributed by atoms with van der Waals surface area (Å²) < 4.78 is 0. The van der Waals surface area contributed by atoms with Gasteiger partial charge in [0, 0.05) is 19.0 Å². The Morgan fingerprint density at radius 2 is 1.77 bits per heavy atom. The van der Waals surface area contributed by atoms with E-state index in [4.69, 9.17) is 0 Å². The molecule has 3 amide bonds. The summed E-state index contributed by atoms with van der Waals surface area (Å²) in [7, 11) is 0. The van der Waals surface area contributed by atoms with Crippen LogP contribution < -0.4 is 10.6 Å². The number of hydrogen-bond donors (Lipinski definition) is 2. The van der Waals surface area contributed by atoms with Crippen LogP contribution in [0.25, 0.3) is 0 Å². The molecule has 0 bridgehead atoms. The van der Waals surface area contributed by atoms with Crippen molar-refractivity contribution in [2.45, 2.75) is 32.1 Å². The normalized spacial score (nSPS) is 23.2. The molecule has 1 unspecified atom stereocenters. The number of rotatable bonds is 6. The number of imide groups is 1. The summed E-state index contributed by atoms with van der Waals surface area (Å²) in [4.78, 5) is 38.2. The number of unbranched alkanes of at least 4 members (excludes halogenated alkanes) is 1. The van der Waals surface area contributed by atoms with Crippen molar-refractivity contribution in [2.24, 2.45) is 11.3 Å². The molecule has 26 heavy (non-hydrogen) atoms. The van der Waals surface area contributed by atoms with E-state index < -0.39 is 0 Å². The van der Waals surface area contributed by atoms with Crippen molar-refractivity contribution < 1.29 is 14.4 Å². The maximum absolute atomic E-state index is 12.3. The van der Waals surface area contributed by atoms with Crippen molar-refractivity contribution in [3.05, 3.63) is 35.4 Å². The minimum Gasteiger partial charge on any atom is -0.356 e. The number of benzene rings is 1. The number of fused-ring (bicyclic) bond motifs is 1. The molecular weight excluding hydrogens is 330 g/mol. The van der Waals surface area contributed by atoms with E-state index in [0.29, 0.717) is 30.6 Å². The Labute approximate surface area is 153 Å². The highest BCUT2D eigenvalue weighted by molar-refractivity contribution is 6.21. The van der Waals surface area contributed by atoms with Gasteiger partial charge in [0.05, 0.1) is 11.1 Å². The largest absolute Gasteiger partial charge is 0.356 e. The minimum absolute atomic E-state index is 0.174. The zero-order chi connectivity index (χ0) is 18.1. The molecule has 0 radical (unpaired) electrons. The molecule has 6 heteroatoms. The fourth-order valence-electron chi connectivity index (χ4n) is 4.37. The van der Waals surface area contributed by atoms with Crippen molar-refractivity contribution in [2.75, 3.05) is 26.2 Å². The maximum atomic E-state index is 12.3. The summed E-state index contributed by atoms with van der Waals surface area (Å²) >= 11 is 0. The van der Waals surface area contributed by atoms with Gasteiger partial charge < -0.3 is 10.6 Å². The van der Waals surface area contributed by atoms with Gasteiger partial charge in [0.25, 0.3) is 11.8 Å². The Morgan fingerprint density at radius 3 is 2.42 bits per heavy atom. The standard InChI is InChI=1S/C20H25N3O3/c24-17(16-13-20(16)7-10-21-11-8-20)22-9-3-4-12-23-18(25)14-5-1-2-6-15(14)19(23)26/h1-2,5-6,16,21H,3-4,7-13H2,(H,22,24). The van der Waals surface area contributed by atoms with Gasteiger partial charge in [0.15, 0.2) is 0 Å². The van der Waals surface area contributed by atoms with E-state index in [0.717, 1.165) is 38.8 Å². The first-order valence-electron chi connectivity index (χ1n) is 9.56. The lowest BCUT2D eigenvalue weighted by molar-refractivity contribution is -0.123. The second-order valence-corrected chi connectivity index (χ2v) is 7.67. The zero-order valence-electron chi connectivity index (χ0n) is 14.9. The van der Waals surface area contributed by atoms with Crippen LogP contribution in [0.5, 0.6) is 0 Å².